The Morgan fingerprint density at radius 1 is 1.17 bits per heavy atom. The van der Waals surface area contributed by atoms with Crippen LogP contribution in [-0.2, 0) is 0 Å². The maximum atomic E-state index is 8.10. The fourth-order valence-corrected chi connectivity index (χ4v) is 0.268. The molecule has 0 unspecified atom stereocenters. The molecule has 0 bridgehead atoms. The van der Waals surface area contributed by atoms with Crippen LogP contribution in [0.4, 0.5) is 0 Å². The summed E-state index contributed by atoms with van der Waals surface area (Å²) >= 11 is 0. The van der Waals surface area contributed by atoms with Gasteiger partial charge >= 0.3 is 8.24 Å². The summed E-state index contributed by atoms with van der Waals surface area (Å²) in [6.45, 7) is 0. The summed E-state index contributed by atoms with van der Waals surface area (Å²) in [5.41, 5.74) is 0. The van der Waals surface area contributed by atoms with E-state index >= 15 is 0 Å². The van der Waals surface area contributed by atoms with Crippen LogP contribution in [-0.4, -0.2) is 4.89 Å². The lowest BCUT2D eigenvalue weighted by atomic mass is 14.7. The van der Waals surface area contributed by atoms with Crippen molar-refractivity contribution in [2.45, 2.75) is 0 Å². The van der Waals surface area contributed by atoms with Gasteiger partial charge in [0.15, 0.2) is 0 Å². The summed E-state index contributed by atoms with van der Waals surface area (Å²) in [7, 11) is -1.91. The Balaban J connectivity index is 3.05. The molecular formula is HO5P. The molecule has 0 amide bonds. The van der Waals surface area contributed by atoms with Crippen molar-refractivity contribution in [1.82, 2.24) is 0 Å². The minimum atomic E-state index is -1.91. The van der Waals surface area contributed by atoms with E-state index in [2.05, 4.69) is 18.2 Å². The molecule has 6 heavy (non-hydrogen) atoms. The Morgan fingerprint density at radius 3 is 1.83 bits per heavy atom. The molecule has 1 N–H and O–H groups in total. The summed E-state index contributed by atoms with van der Waals surface area (Å²) in [6, 6.07) is 0. The van der Waals surface area contributed by atoms with E-state index in [1.807, 2.05) is 0 Å². The van der Waals surface area contributed by atoms with Crippen molar-refractivity contribution in [3.63, 3.8) is 0 Å². The van der Waals surface area contributed by atoms with Crippen LogP contribution in [0.15, 0.2) is 18.2 Å². The van der Waals surface area contributed by atoms with Crippen molar-refractivity contribution in [2.75, 3.05) is 0 Å². The molecule has 0 aliphatic rings. The SMILES string of the molecule is Op1oooo1. The quantitative estimate of drug-likeness (QED) is 0.505. The summed E-state index contributed by atoms with van der Waals surface area (Å²) in [4.78, 5) is 8.10. The van der Waals surface area contributed by atoms with Gasteiger partial charge in [-0.2, -0.15) is 8.71 Å². The Kier molecular flexibility index (Phi) is 0.777. The van der Waals surface area contributed by atoms with Crippen molar-refractivity contribution in [2.24, 2.45) is 0 Å². The standard InChI is InChI=1S/HO5P/c1-6-4-2-3-5-6/h1H. The minimum absolute atomic E-state index is 1.91. The smallest absolute Gasteiger partial charge is 0.287 e. The molecule has 5 nitrogen and oxygen atoms in total. The van der Waals surface area contributed by atoms with Gasteiger partial charge in [-0.25, -0.2) is 0 Å². The molecule has 0 aromatic carbocycles. The van der Waals surface area contributed by atoms with Gasteiger partial charge in [0, 0.05) is 0 Å². The van der Waals surface area contributed by atoms with Crippen molar-refractivity contribution < 1.29 is 23.1 Å². The molecule has 0 radical (unpaired) electrons. The minimum Gasteiger partial charge on any atom is -0.287 e. The zero-order chi connectivity index (χ0) is 4.41. The van der Waals surface area contributed by atoms with Crippen LogP contribution in [0.3, 0.4) is 0 Å². The average Bonchev–Trinajstić information content (AvgIpc) is 1.86. The monoisotopic (exact) mass is 112 g/mol. The second-order valence-electron chi connectivity index (χ2n) is 0.523. The van der Waals surface area contributed by atoms with Gasteiger partial charge in [-0.05, 0) is 9.47 Å². The summed E-state index contributed by atoms with van der Waals surface area (Å²) in [5.74, 6) is 0. The van der Waals surface area contributed by atoms with Gasteiger partial charge in [-0.3, -0.25) is 4.89 Å². The molecule has 0 aliphatic carbocycles. The summed E-state index contributed by atoms with van der Waals surface area (Å²) < 4.78 is 14.9. The molecular weight excluding hydrogens is 111 g/mol. The number of hydrogen-bond acceptors (Lipinski definition) is 5. The van der Waals surface area contributed by atoms with Crippen molar-refractivity contribution >= 4 is 8.24 Å². The highest BCUT2D eigenvalue weighted by Gasteiger charge is 1.87. The van der Waals surface area contributed by atoms with Crippen LogP contribution in [0, 0.1) is 0 Å². The predicted molar refractivity (Wildman–Crippen MR) is 13.5 cm³/mol. The van der Waals surface area contributed by atoms with Gasteiger partial charge in [-0.15, -0.1) is 0 Å². The van der Waals surface area contributed by atoms with E-state index in [9.17, 15) is 0 Å². The van der Waals surface area contributed by atoms with Crippen LogP contribution >= 0.6 is 8.24 Å². The maximum Gasteiger partial charge on any atom is 0.473 e. The van der Waals surface area contributed by atoms with Crippen molar-refractivity contribution in [3.8, 4) is 0 Å². The third kappa shape index (κ3) is 0.502. The molecule has 0 aliphatic heterocycles. The largest absolute Gasteiger partial charge is 0.473 e. The van der Waals surface area contributed by atoms with Gasteiger partial charge < -0.3 is 0 Å². The lowest BCUT2D eigenvalue weighted by Gasteiger charge is -1.54. The molecule has 0 saturated carbocycles. The van der Waals surface area contributed by atoms with Crippen LogP contribution in [0.5, 0.6) is 0 Å². The van der Waals surface area contributed by atoms with Gasteiger partial charge in [-0.1, -0.05) is 0 Å². The van der Waals surface area contributed by atoms with Crippen LogP contribution in [0.25, 0.3) is 0 Å². The lowest BCUT2D eigenvalue weighted by molar-refractivity contribution is -0.241. The first kappa shape index (κ1) is 3.64. The molecule has 1 rings (SSSR count). The molecule has 1 heterocycles. The fourth-order valence-electron chi connectivity index (χ4n) is 0.0893. The lowest BCUT2D eigenvalue weighted by Crippen LogP contribution is -1.29. The Labute approximate surface area is 32.6 Å². The van der Waals surface area contributed by atoms with Gasteiger partial charge in [0.05, 0.1) is 0 Å². The molecule has 0 fully saturated rings. The second-order valence-corrected chi connectivity index (χ2v) is 1.30. The van der Waals surface area contributed by atoms with E-state index < -0.39 is 8.24 Å². The highest BCUT2D eigenvalue weighted by Crippen LogP contribution is 2.18. The zero-order valence-corrected chi connectivity index (χ0v) is 3.42. The van der Waals surface area contributed by atoms with E-state index in [4.69, 9.17) is 4.89 Å². The molecule has 1 aromatic rings. The summed E-state index contributed by atoms with van der Waals surface area (Å²) in [6.07, 6.45) is 0. The normalized spacial score (nSPS) is 8.83. The topological polar surface area (TPSA) is 72.8 Å². The van der Waals surface area contributed by atoms with Gasteiger partial charge in [0.25, 0.3) is 0 Å². The first-order chi connectivity index (χ1) is 2.89. The molecule has 0 saturated heterocycles. The van der Waals surface area contributed by atoms with Crippen LogP contribution in [0.2, 0.25) is 0 Å². The van der Waals surface area contributed by atoms with E-state index in [0.29, 0.717) is 0 Å². The van der Waals surface area contributed by atoms with Crippen molar-refractivity contribution in [3.05, 3.63) is 0 Å². The predicted octanol–water partition coefficient (Wildman–Crippen LogP) is 0.925. The first-order valence-electron chi connectivity index (χ1n) is 1.07. The highest BCUT2D eigenvalue weighted by molar-refractivity contribution is 7.29. The first-order valence-corrected chi connectivity index (χ1v) is 2.20. The van der Waals surface area contributed by atoms with E-state index in [1.165, 1.54) is 0 Å². The molecule has 0 atom stereocenters. The molecule has 1 aromatic heterocycles. The third-order valence-corrected chi connectivity index (χ3v) is 0.593. The molecule has 6 heteroatoms. The number of hydrogen-bond donors (Lipinski definition) is 1. The van der Waals surface area contributed by atoms with Crippen LogP contribution in [0.1, 0.15) is 0 Å². The molecule has 36 valence electrons. The number of rotatable bonds is 0. The Morgan fingerprint density at radius 2 is 1.67 bits per heavy atom. The van der Waals surface area contributed by atoms with E-state index in [0.717, 1.165) is 0 Å². The highest BCUT2D eigenvalue weighted by atomic mass is 31.1. The molecule has 0 spiro atoms. The van der Waals surface area contributed by atoms with Crippen molar-refractivity contribution in [1.29, 1.82) is 0 Å². The van der Waals surface area contributed by atoms with Gasteiger partial charge in [0.2, 0.25) is 0 Å². The van der Waals surface area contributed by atoms with Gasteiger partial charge in [0.1, 0.15) is 0 Å². The average molecular weight is 112 g/mol. The zero-order valence-electron chi connectivity index (χ0n) is 2.53. The maximum absolute atomic E-state index is 8.10. The van der Waals surface area contributed by atoms with E-state index in [1.54, 1.807) is 0 Å². The fraction of sp³-hybridized carbons (Fsp3) is 0. The Hall–Kier alpha value is -0.540. The summed E-state index contributed by atoms with van der Waals surface area (Å²) in [5, 5.41) is 0. The second kappa shape index (κ2) is 1.28. The third-order valence-electron chi connectivity index (χ3n) is 0.216. The van der Waals surface area contributed by atoms with E-state index in [-0.39, 0.29) is 0 Å². The Bertz CT molecular complexity index is 107. The van der Waals surface area contributed by atoms with Crippen LogP contribution < -0.4 is 0 Å².